The van der Waals surface area contributed by atoms with Gasteiger partial charge < -0.3 is 9.73 Å². The summed E-state index contributed by atoms with van der Waals surface area (Å²) in [5.74, 6) is -0.948. The minimum Gasteiger partial charge on any atom is -0.419 e. The molecule has 1 atom stereocenters. The minimum absolute atomic E-state index is 0.184. The SMILES string of the molecule is CCNC(C)c1nnc(-c2cc(C(F)(F)F)ccc2F)o1. The fourth-order valence-corrected chi connectivity index (χ4v) is 1.78. The van der Waals surface area contributed by atoms with Crippen LogP contribution in [0, 0.1) is 5.82 Å². The zero-order valence-electron chi connectivity index (χ0n) is 11.3. The summed E-state index contributed by atoms with van der Waals surface area (Å²) in [5, 5.41) is 10.3. The van der Waals surface area contributed by atoms with Gasteiger partial charge in [0, 0.05) is 0 Å². The highest BCUT2D eigenvalue weighted by Crippen LogP contribution is 2.33. The molecule has 0 aliphatic carbocycles. The molecule has 4 nitrogen and oxygen atoms in total. The van der Waals surface area contributed by atoms with E-state index >= 15 is 0 Å². The van der Waals surface area contributed by atoms with Crippen molar-refractivity contribution in [2.24, 2.45) is 0 Å². The summed E-state index contributed by atoms with van der Waals surface area (Å²) in [6, 6.07) is 1.78. The minimum atomic E-state index is -4.57. The zero-order chi connectivity index (χ0) is 15.6. The average molecular weight is 303 g/mol. The summed E-state index contributed by atoms with van der Waals surface area (Å²) < 4.78 is 56.9. The van der Waals surface area contributed by atoms with E-state index in [2.05, 4.69) is 15.5 Å². The van der Waals surface area contributed by atoms with E-state index in [1.54, 1.807) is 6.92 Å². The Morgan fingerprint density at radius 2 is 2.00 bits per heavy atom. The number of halogens is 4. The van der Waals surface area contributed by atoms with Gasteiger partial charge in [-0.25, -0.2) is 4.39 Å². The second kappa shape index (κ2) is 5.80. The van der Waals surface area contributed by atoms with Crippen LogP contribution in [0.1, 0.15) is 31.3 Å². The first-order chi connectivity index (χ1) is 9.82. The van der Waals surface area contributed by atoms with Gasteiger partial charge in [-0.2, -0.15) is 13.2 Å². The van der Waals surface area contributed by atoms with Crippen LogP contribution in [0.4, 0.5) is 17.6 Å². The third-order valence-electron chi connectivity index (χ3n) is 2.85. The van der Waals surface area contributed by atoms with Crippen LogP contribution in [0.25, 0.3) is 11.5 Å². The predicted molar refractivity (Wildman–Crippen MR) is 66.8 cm³/mol. The smallest absolute Gasteiger partial charge is 0.416 e. The summed E-state index contributed by atoms with van der Waals surface area (Å²) in [4.78, 5) is 0. The number of hydrogen-bond acceptors (Lipinski definition) is 4. The first-order valence-electron chi connectivity index (χ1n) is 6.26. The molecule has 1 unspecified atom stereocenters. The van der Waals surface area contributed by atoms with Crippen molar-refractivity contribution in [3.05, 3.63) is 35.5 Å². The van der Waals surface area contributed by atoms with Gasteiger partial charge in [0.1, 0.15) is 5.82 Å². The molecule has 1 N–H and O–H groups in total. The van der Waals surface area contributed by atoms with Crippen molar-refractivity contribution < 1.29 is 22.0 Å². The van der Waals surface area contributed by atoms with Crippen LogP contribution >= 0.6 is 0 Å². The topological polar surface area (TPSA) is 51.0 Å². The molecule has 21 heavy (non-hydrogen) atoms. The monoisotopic (exact) mass is 303 g/mol. The molecule has 0 bridgehead atoms. The van der Waals surface area contributed by atoms with Crippen LogP contribution in [0.5, 0.6) is 0 Å². The zero-order valence-corrected chi connectivity index (χ0v) is 11.3. The summed E-state index contributed by atoms with van der Waals surface area (Å²) in [6.45, 7) is 4.28. The maximum Gasteiger partial charge on any atom is 0.416 e. The molecule has 1 aromatic carbocycles. The number of alkyl halides is 3. The molecule has 114 valence electrons. The Balaban J connectivity index is 2.38. The molecule has 1 aromatic heterocycles. The van der Waals surface area contributed by atoms with Crippen LogP contribution in [0.3, 0.4) is 0 Å². The van der Waals surface area contributed by atoms with E-state index in [9.17, 15) is 17.6 Å². The Morgan fingerprint density at radius 1 is 1.29 bits per heavy atom. The van der Waals surface area contributed by atoms with E-state index in [4.69, 9.17) is 4.42 Å². The van der Waals surface area contributed by atoms with Crippen LogP contribution in [0.15, 0.2) is 22.6 Å². The van der Waals surface area contributed by atoms with Gasteiger partial charge in [-0.3, -0.25) is 0 Å². The third-order valence-corrected chi connectivity index (χ3v) is 2.85. The van der Waals surface area contributed by atoms with Crippen molar-refractivity contribution in [1.82, 2.24) is 15.5 Å². The lowest BCUT2D eigenvalue weighted by Crippen LogP contribution is -2.17. The van der Waals surface area contributed by atoms with Crippen molar-refractivity contribution in [2.45, 2.75) is 26.1 Å². The van der Waals surface area contributed by atoms with Gasteiger partial charge >= 0.3 is 6.18 Å². The number of nitrogens with zero attached hydrogens (tertiary/aromatic N) is 2. The summed E-state index contributed by atoms with van der Waals surface area (Å²) in [6.07, 6.45) is -4.57. The van der Waals surface area contributed by atoms with E-state index < -0.39 is 17.6 Å². The maximum absolute atomic E-state index is 13.7. The molecule has 0 saturated carbocycles. The van der Waals surface area contributed by atoms with Crippen LogP contribution in [0.2, 0.25) is 0 Å². The largest absolute Gasteiger partial charge is 0.419 e. The fourth-order valence-electron chi connectivity index (χ4n) is 1.78. The molecule has 1 heterocycles. The van der Waals surface area contributed by atoms with Crippen molar-refractivity contribution in [3.63, 3.8) is 0 Å². The number of rotatable bonds is 4. The second-order valence-electron chi connectivity index (χ2n) is 4.42. The number of hydrogen-bond donors (Lipinski definition) is 1. The molecule has 0 saturated heterocycles. The lowest BCUT2D eigenvalue weighted by molar-refractivity contribution is -0.137. The lowest BCUT2D eigenvalue weighted by atomic mass is 10.1. The van der Waals surface area contributed by atoms with E-state index in [1.807, 2.05) is 6.92 Å². The highest BCUT2D eigenvalue weighted by atomic mass is 19.4. The Morgan fingerprint density at radius 3 is 2.62 bits per heavy atom. The Bertz CT molecular complexity index is 624. The van der Waals surface area contributed by atoms with Crippen LogP contribution in [-0.2, 0) is 6.18 Å². The lowest BCUT2D eigenvalue weighted by Gasteiger charge is -2.08. The molecule has 0 spiro atoms. The normalized spacial score (nSPS) is 13.4. The summed E-state index contributed by atoms with van der Waals surface area (Å²) in [7, 11) is 0. The highest BCUT2D eigenvalue weighted by Gasteiger charge is 2.32. The highest BCUT2D eigenvalue weighted by molar-refractivity contribution is 5.55. The second-order valence-corrected chi connectivity index (χ2v) is 4.42. The van der Waals surface area contributed by atoms with Gasteiger partial charge in [0.15, 0.2) is 0 Å². The van der Waals surface area contributed by atoms with E-state index in [1.165, 1.54) is 0 Å². The van der Waals surface area contributed by atoms with Crippen molar-refractivity contribution in [2.75, 3.05) is 6.54 Å². The first kappa shape index (κ1) is 15.4. The standard InChI is InChI=1S/C13H13F4N3O/c1-3-18-7(2)11-19-20-12(21-11)9-6-8(13(15,16)17)4-5-10(9)14/h4-7,18H,3H2,1-2H3. The molecular formula is C13H13F4N3O. The summed E-state index contributed by atoms with van der Waals surface area (Å²) in [5.41, 5.74) is -1.34. The first-order valence-corrected chi connectivity index (χ1v) is 6.26. The van der Waals surface area contributed by atoms with Crippen LogP contribution < -0.4 is 5.32 Å². The quantitative estimate of drug-likeness (QED) is 0.877. The molecule has 2 rings (SSSR count). The van der Waals surface area contributed by atoms with Gasteiger partial charge in [0.2, 0.25) is 5.89 Å². The maximum atomic E-state index is 13.7. The van der Waals surface area contributed by atoms with E-state index in [-0.39, 0.29) is 23.4 Å². The Labute approximate surface area is 118 Å². The van der Waals surface area contributed by atoms with E-state index in [0.29, 0.717) is 18.7 Å². The van der Waals surface area contributed by atoms with Gasteiger partial charge in [-0.05, 0) is 31.7 Å². The average Bonchev–Trinajstić information content (AvgIpc) is 2.87. The molecule has 2 aromatic rings. The summed E-state index contributed by atoms with van der Waals surface area (Å²) >= 11 is 0. The van der Waals surface area contributed by atoms with E-state index in [0.717, 1.165) is 6.07 Å². The molecule has 8 heteroatoms. The van der Waals surface area contributed by atoms with Crippen molar-refractivity contribution in [1.29, 1.82) is 0 Å². The molecule has 0 radical (unpaired) electrons. The molecule has 0 aliphatic rings. The predicted octanol–water partition coefficient (Wildman–Crippen LogP) is 3.57. The Hall–Kier alpha value is -1.96. The fraction of sp³-hybridized carbons (Fsp3) is 0.385. The van der Waals surface area contributed by atoms with Crippen molar-refractivity contribution >= 4 is 0 Å². The van der Waals surface area contributed by atoms with Gasteiger partial charge in [0.25, 0.3) is 5.89 Å². The number of nitrogens with one attached hydrogen (secondary N) is 1. The molecule has 0 amide bonds. The Kier molecular flexibility index (Phi) is 4.26. The molecular weight excluding hydrogens is 290 g/mol. The number of aromatic nitrogens is 2. The van der Waals surface area contributed by atoms with Gasteiger partial charge in [0.05, 0.1) is 17.2 Å². The third kappa shape index (κ3) is 3.38. The molecule has 0 fully saturated rings. The number of benzene rings is 1. The van der Waals surface area contributed by atoms with Crippen molar-refractivity contribution in [3.8, 4) is 11.5 Å². The van der Waals surface area contributed by atoms with Gasteiger partial charge in [-0.1, -0.05) is 6.92 Å². The molecule has 0 aliphatic heterocycles. The van der Waals surface area contributed by atoms with Gasteiger partial charge in [-0.15, -0.1) is 10.2 Å². The van der Waals surface area contributed by atoms with Crippen LogP contribution in [-0.4, -0.2) is 16.7 Å².